The predicted molar refractivity (Wildman–Crippen MR) is 111 cm³/mol. The number of carbonyl (C=O) groups is 3. The van der Waals surface area contributed by atoms with E-state index in [0.717, 1.165) is 15.1 Å². The second-order valence-corrected chi connectivity index (χ2v) is 9.10. The Hall–Kier alpha value is -2.23. The fourth-order valence-corrected chi connectivity index (χ4v) is 5.84. The van der Waals surface area contributed by atoms with Crippen LogP contribution in [0.2, 0.25) is 5.02 Å². The number of anilines is 1. The first-order chi connectivity index (χ1) is 13.4. The van der Waals surface area contributed by atoms with Gasteiger partial charge in [0.25, 0.3) is 5.91 Å². The maximum Gasteiger partial charge on any atom is 0.352 e. The van der Waals surface area contributed by atoms with Crippen LogP contribution in [0.25, 0.3) is 10.1 Å². The molecule has 1 unspecified atom stereocenters. The van der Waals surface area contributed by atoms with E-state index in [4.69, 9.17) is 11.6 Å². The van der Waals surface area contributed by atoms with Crippen LogP contribution in [0.3, 0.4) is 0 Å². The van der Waals surface area contributed by atoms with Gasteiger partial charge in [-0.25, -0.2) is 4.79 Å². The van der Waals surface area contributed by atoms with Gasteiger partial charge >= 0.3 is 5.97 Å². The highest BCUT2D eigenvalue weighted by Gasteiger charge is 2.53. The summed E-state index contributed by atoms with van der Waals surface area (Å²) in [6, 6.07) is 6.81. The topological polar surface area (TPSA) is 98.7 Å². The molecular formula is C18H16ClN3O4S2. The molecule has 0 aliphatic carbocycles. The van der Waals surface area contributed by atoms with E-state index in [9.17, 15) is 19.5 Å². The van der Waals surface area contributed by atoms with Crippen molar-refractivity contribution in [3.8, 4) is 0 Å². The second kappa shape index (κ2) is 7.31. The normalized spacial score (nSPS) is 21.4. The molecule has 0 saturated carbocycles. The van der Waals surface area contributed by atoms with Crippen molar-refractivity contribution in [1.82, 2.24) is 10.2 Å². The Balaban J connectivity index is 1.38. The van der Waals surface area contributed by atoms with Crippen molar-refractivity contribution in [2.75, 3.05) is 17.6 Å². The Kier molecular flexibility index (Phi) is 4.98. The van der Waals surface area contributed by atoms with Gasteiger partial charge in [0.1, 0.15) is 17.1 Å². The van der Waals surface area contributed by atoms with Gasteiger partial charge in [-0.3, -0.25) is 14.5 Å². The van der Waals surface area contributed by atoms with Crippen LogP contribution in [0.5, 0.6) is 0 Å². The lowest BCUT2D eigenvalue weighted by Gasteiger charge is -2.49. The van der Waals surface area contributed by atoms with Gasteiger partial charge in [-0.05, 0) is 30.7 Å². The van der Waals surface area contributed by atoms with Gasteiger partial charge in [-0.2, -0.15) is 0 Å². The summed E-state index contributed by atoms with van der Waals surface area (Å²) >= 11 is 9.10. The van der Waals surface area contributed by atoms with Crippen molar-refractivity contribution in [2.24, 2.45) is 0 Å². The van der Waals surface area contributed by atoms with Crippen LogP contribution in [0.4, 0.5) is 5.00 Å². The van der Waals surface area contributed by atoms with Crippen LogP contribution in [-0.2, 0) is 14.4 Å². The number of carbonyl (C=O) groups excluding carboxylic acids is 2. The quantitative estimate of drug-likeness (QED) is 0.622. The average molecular weight is 438 g/mol. The molecule has 1 aromatic heterocycles. The van der Waals surface area contributed by atoms with Gasteiger partial charge in [0, 0.05) is 20.9 Å². The molecule has 7 nitrogen and oxygen atoms in total. The Bertz CT molecular complexity index is 1040. The van der Waals surface area contributed by atoms with E-state index >= 15 is 0 Å². The molecule has 2 aliphatic heterocycles. The van der Waals surface area contributed by atoms with Gasteiger partial charge in [0.05, 0.1) is 11.5 Å². The predicted octanol–water partition coefficient (Wildman–Crippen LogP) is 2.73. The standard InChI is InChI=1S/C18H16ClN3O4S2/c1-8-7-27-17-14(16(24)22(17)15(8)18(25)26)21-12(23)6-20-13-5-9-10(19)3-2-4-11(9)28-13/h2-5,14,17,20H,6-7H2,1H3,(H,21,23)(H,25,26)/t14?,17-/m0/s1. The van der Waals surface area contributed by atoms with Crippen LogP contribution in [0.15, 0.2) is 35.5 Å². The molecule has 10 heteroatoms. The number of halogens is 1. The molecule has 2 amide bonds. The highest BCUT2D eigenvalue weighted by Crippen LogP contribution is 2.40. The van der Waals surface area contributed by atoms with Gasteiger partial charge in [0.2, 0.25) is 5.91 Å². The first-order valence-corrected chi connectivity index (χ1v) is 10.7. The fourth-order valence-electron chi connectivity index (χ4n) is 3.28. The number of hydrogen-bond acceptors (Lipinski definition) is 6. The second-order valence-electron chi connectivity index (χ2n) is 6.50. The number of fused-ring (bicyclic) bond motifs is 2. The summed E-state index contributed by atoms with van der Waals surface area (Å²) in [5.41, 5.74) is 0.677. The van der Waals surface area contributed by atoms with Crippen molar-refractivity contribution < 1.29 is 19.5 Å². The number of thioether (sulfide) groups is 1. The van der Waals surface area contributed by atoms with E-state index in [-0.39, 0.29) is 23.5 Å². The van der Waals surface area contributed by atoms with Crippen molar-refractivity contribution in [1.29, 1.82) is 0 Å². The zero-order valence-electron chi connectivity index (χ0n) is 14.7. The number of β-lactam (4-membered cyclic amide) rings is 1. The minimum Gasteiger partial charge on any atom is -0.477 e. The molecule has 4 rings (SSSR count). The van der Waals surface area contributed by atoms with Crippen LogP contribution in [0, 0.1) is 0 Å². The number of aliphatic carboxylic acids is 1. The SMILES string of the molecule is CC1=C(C(=O)O)N2C(=O)C(NC(=O)CNc3cc4c(Cl)cccc4s3)[C@@H]2SC1. The molecule has 0 bridgehead atoms. The Morgan fingerprint density at radius 2 is 2.18 bits per heavy atom. The van der Waals surface area contributed by atoms with E-state index in [1.54, 1.807) is 6.92 Å². The number of amides is 2. The summed E-state index contributed by atoms with van der Waals surface area (Å²) < 4.78 is 1.02. The van der Waals surface area contributed by atoms with E-state index in [1.165, 1.54) is 28.0 Å². The lowest BCUT2D eigenvalue weighted by atomic mass is 10.0. The lowest BCUT2D eigenvalue weighted by molar-refractivity contribution is -0.150. The molecule has 28 heavy (non-hydrogen) atoms. The first-order valence-electron chi connectivity index (χ1n) is 8.46. The molecule has 0 radical (unpaired) electrons. The molecule has 1 aromatic carbocycles. The highest BCUT2D eigenvalue weighted by molar-refractivity contribution is 8.00. The van der Waals surface area contributed by atoms with Gasteiger partial charge in [-0.15, -0.1) is 23.1 Å². The van der Waals surface area contributed by atoms with E-state index in [0.29, 0.717) is 16.3 Å². The monoisotopic (exact) mass is 437 g/mol. The van der Waals surface area contributed by atoms with Crippen LogP contribution in [-0.4, -0.2) is 51.5 Å². The lowest BCUT2D eigenvalue weighted by Crippen LogP contribution is -2.70. The van der Waals surface area contributed by atoms with Crippen LogP contribution >= 0.6 is 34.7 Å². The molecule has 1 fully saturated rings. The maximum atomic E-state index is 12.4. The van der Waals surface area contributed by atoms with Gasteiger partial charge in [-0.1, -0.05) is 17.7 Å². The molecule has 146 valence electrons. The maximum absolute atomic E-state index is 12.4. The number of rotatable bonds is 5. The zero-order chi connectivity index (χ0) is 20.0. The number of thiophene rings is 1. The molecule has 0 spiro atoms. The summed E-state index contributed by atoms with van der Waals surface area (Å²) in [7, 11) is 0. The highest BCUT2D eigenvalue weighted by atomic mass is 35.5. The Labute approximate surface area is 173 Å². The van der Waals surface area contributed by atoms with E-state index in [2.05, 4.69) is 10.6 Å². The van der Waals surface area contributed by atoms with Crippen molar-refractivity contribution in [2.45, 2.75) is 18.3 Å². The van der Waals surface area contributed by atoms with Gasteiger partial charge < -0.3 is 15.7 Å². The number of nitrogens with zero attached hydrogens (tertiary/aromatic N) is 1. The molecule has 2 aliphatic rings. The number of carboxylic acids is 1. The van der Waals surface area contributed by atoms with Gasteiger partial charge in [0.15, 0.2) is 0 Å². The molecule has 1 saturated heterocycles. The summed E-state index contributed by atoms with van der Waals surface area (Å²) in [6.07, 6.45) is 0. The third-order valence-corrected chi connectivity index (χ3v) is 7.42. The van der Waals surface area contributed by atoms with Crippen molar-refractivity contribution in [3.63, 3.8) is 0 Å². The molecule has 3 N–H and O–H groups in total. The molecule has 2 atom stereocenters. The molecule has 2 aromatic rings. The molecule has 3 heterocycles. The minimum atomic E-state index is -1.12. The summed E-state index contributed by atoms with van der Waals surface area (Å²) in [4.78, 5) is 37.4. The largest absolute Gasteiger partial charge is 0.477 e. The number of hydrogen-bond donors (Lipinski definition) is 3. The first kappa shape index (κ1) is 19.1. The summed E-state index contributed by atoms with van der Waals surface area (Å²) in [5.74, 6) is -1.32. The third kappa shape index (κ3) is 3.23. The molecular weight excluding hydrogens is 422 g/mol. The summed E-state index contributed by atoms with van der Waals surface area (Å²) in [5, 5.41) is 17.1. The fraction of sp³-hybridized carbons (Fsp3) is 0.278. The number of benzene rings is 1. The van der Waals surface area contributed by atoms with Crippen LogP contribution < -0.4 is 10.6 Å². The van der Waals surface area contributed by atoms with Crippen molar-refractivity contribution in [3.05, 3.63) is 40.6 Å². The Morgan fingerprint density at radius 1 is 1.39 bits per heavy atom. The third-order valence-electron chi connectivity index (χ3n) is 4.61. The minimum absolute atomic E-state index is 0.00621. The summed E-state index contributed by atoms with van der Waals surface area (Å²) in [6.45, 7) is 1.71. The number of carboxylic acid groups (broad SMARTS) is 1. The van der Waals surface area contributed by atoms with E-state index < -0.39 is 17.9 Å². The van der Waals surface area contributed by atoms with E-state index in [1.807, 2.05) is 24.3 Å². The average Bonchev–Trinajstić information content (AvgIpc) is 3.08. The zero-order valence-corrected chi connectivity index (χ0v) is 17.1. The van der Waals surface area contributed by atoms with Crippen LogP contribution in [0.1, 0.15) is 6.92 Å². The smallest absolute Gasteiger partial charge is 0.352 e. The Morgan fingerprint density at radius 3 is 2.89 bits per heavy atom. The van der Waals surface area contributed by atoms with Crippen molar-refractivity contribution >= 4 is 67.6 Å². The number of nitrogens with one attached hydrogen (secondary N) is 2.